The van der Waals surface area contributed by atoms with Crippen LogP contribution in [0.15, 0.2) is 12.4 Å². The van der Waals surface area contributed by atoms with Crippen LogP contribution < -0.4 is 10.6 Å². The third-order valence-corrected chi connectivity index (χ3v) is 2.11. The normalized spacial score (nSPS) is 11.9. The van der Waals surface area contributed by atoms with Crippen LogP contribution in [0.5, 0.6) is 0 Å². The number of carboxylic acids is 1. The quantitative estimate of drug-likeness (QED) is 0.673. The molecule has 0 radical (unpaired) electrons. The van der Waals surface area contributed by atoms with Crippen LogP contribution in [0.3, 0.4) is 0 Å². The fraction of sp³-hybridized carbons (Fsp3) is 0.500. The Labute approximate surface area is 98.8 Å². The molecule has 1 heterocycles. The number of carbonyl (C=O) groups excluding carboxylic acids is 1. The Morgan fingerprint density at radius 1 is 1.59 bits per heavy atom. The molecule has 2 amide bonds. The lowest BCUT2D eigenvalue weighted by molar-refractivity contribution is -0.138. The van der Waals surface area contributed by atoms with Crippen LogP contribution in [0, 0.1) is 6.92 Å². The first-order valence-electron chi connectivity index (χ1n) is 5.25. The van der Waals surface area contributed by atoms with Crippen LogP contribution >= 0.6 is 0 Å². The van der Waals surface area contributed by atoms with Crippen molar-refractivity contribution in [3.05, 3.63) is 18.0 Å². The van der Waals surface area contributed by atoms with Gasteiger partial charge in [0.15, 0.2) is 0 Å². The Hall–Kier alpha value is -2.05. The standard InChI is InChI=1S/C10H16N4O3/c1-7-5-12-14(6-7)4-3-11-10(17)13-8(2)9(15)16/h5-6,8H,3-4H2,1-2H3,(H,15,16)(H2,11,13,17)/t8-/m0/s1. The lowest BCUT2D eigenvalue weighted by Gasteiger charge is -2.10. The minimum Gasteiger partial charge on any atom is -0.480 e. The summed E-state index contributed by atoms with van der Waals surface area (Å²) in [4.78, 5) is 21.7. The molecule has 3 N–H and O–H groups in total. The first kappa shape index (κ1) is 13.0. The van der Waals surface area contributed by atoms with Crippen molar-refractivity contribution in [1.29, 1.82) is 0 Å². The predicted molar refractivity (Wildman–Crippen MR) is 60.6 cm³/mol. The lowest BCUT2D eigenvalue weighted by atomic mass is 10.3. The first-order valence-corrected chi connectivity index (χ1v) is 5.25. The van der Waals surface area contributed by atoms with Gasteiger partial charge in [-0.2, -0.15) is 5.10 Å². The van der Waals surface area contributed by atoms with E-state index in [1.165, 1.54) is 6.92 Å². The SMILES string of the molecule is Cc1cnn(CCNC(=O)N[C@@H](C)C(=O)O)c1. The number of aliphatic carboxylic acids is 1. The van der Waals surface area contributed by atoms with Gasteiger partial charge in [-0.1, -0.05) is 0 Å². The van der Waals surface area contributed by atoms with E-state index >= 15 is 0 Å². The lowest BCUT2D eigenvalue weighted by Crippen LogP contribution is -2.45. The Balaban J connectivity index is 2.22. The van der Waals surface area contributed by atoms with E-state index in [9.17, 15) is 9.59 Å². The molecular formula is C10H16N4O3. The van der Waals surface area contributed by atoms with Crippen molar-refractivity contribution < 1.29 is 14.7 Å². The molecule has 0 aliphatic rings. The fourth-order valence-corrected chi connectivity index (χ4v) is 1.18. The zero-order valence-corrected chi connectivity index (χ0v) is 9.80. The molecular weight excluding hydrogens is 224 g/mol. The van der Waals surface area contributed by atoms with Crippen molar-refractivity contribution in [3.8, 4) is 0 Å². The van der Waals surface area contributed by atoms with Gasteiger partial charge in [-0.25, -0.2) is 4.79 Å². The molecule has 0 aliphatic heterocycles. The summed E-state index contributed by atoms with van der Waals surface area (Å²) in [5.74, 6) is -1.07. The molecule has 0 spiro atoms. The minimum atomic E-state index is -1.07. The number of amides is 2. The van der Waals surface area contributed by atoms with E-state index < -0.39 is 18.0 Å². The zero-order chi connectivity index (χ0) is 12.8. The van der Waals surface area contributed by atoms with Gasteiger partial charge in [-0.3, -0.25) is 9.48 Å². The third-order valence-electron chi connectivity index (χ3n) is 2.11. The minimum absolute atomic E-state index is 0.388. The molecule has 17 heavy (non-hydrogen) atoms. The Bertz CT molecular complexity index is 402. The molecule has 0 bridgehead atoms. The van der Waals surface area contributed by atoms with Crippen molar-refractivity contribution in [1.82, 2.24) is 20.4 Å². The summed E-state index contributed by atoms with van der Waals surface area (Å²) in [6.45, 7) is 4.26. The maximum atomic E-state index is 11.2. The number of rotatable bonds is 5. The van der Waals surface area contributed by atoms with E-state index in [1.54, 1.807) is 10.9 Å². The second kappa shape index (κ2) is 5.88. The first-order chi connectivity index (χ1) is 7.99. The van der Waals surface area contributed by atoms with E-state index in [0.717, 1.165) is 5.56 Å². The monoisotopic (exact) mass is 240 g/mol. The van der Waals surface area contributed by atoms with Gasteiger partial charge >= 0.3 is 12.0 Å². The maximum Gasteiger partial charge on any atom is 0.325 e. The highest BCUT2D eigenvalue weighted by molar-refractivity contribution is 5.82. The van der Waals surface area contributed by atoms with E-state index in [2.05, 4.69) is 15.7 Å². The van der Waals surface area contributed by atoms with Gasteiger partial charge in [0.2, 0.25) is 0 Å². The second-order valence-corrected chi connectivity index (χ2v) is 3.74. The molecule has 7 nitrogen and oxygen atoms in total. The summed E-state index contributed by atoms with van der Waals surface area (Å²) < 4.78 is 1.70. The number of urea groups is 1. The molecule has 0 saturated heterocycles. The van der Waals surface area contributed by atoms with Gasteiger partial charge in [-0.05, 0) is 19.4 Å². The molecule has 0 unspecified atom stereocenters. The van der Waals surface area contributed by atoms with Crippen LogP contribution in [-0.2, 0) is 11.3 Å². The molecule has 1 aromatic rings. The van der Waals surface area contributed by atoms with Crippen LogP contribution in [0.4, 0.5) is 4.79 Å². The van der Waals surface area contributed by atoms with Crippen molar-refractivity contribution >= 4 is 12.0 Å². The summed E-state index contributed by atoms with van der Waals surface area (Å²) in [5.41, 5.74) is 1.05. The highest BCUT2D eigenvalue weighted by Gasteiger charge is 2.12. The molecule has 1 rings (SSSR count). The molecule has 7 heteroatoms. The highest BCUT2D eigenvalue weighted by atomic mass is 16.4. The van der Waals surface area contributed by atoms with Gasteiger partial charge in [0.1, 0.15) is 6.04 Å². The van der Waals surface area contributed by atoms with Crippen LogP contribution in [-0.4, -0.2) is 39.5 Å². The smallest absolute Gasteiger partial charge is 0.325 e. The molecule has 0 saturated carbocycles. The Morgan fingerprint density at radius 2 is 2.29 bits per heavy atom. The summed E-state index contributed by atoms with van der Waals surface area (Å²) in [6, 6.07) is -1.40. The van der Waals surface area contributed by atoms with E-state index in [0.29, 0.717) is 13.1 Å². The fourth-order valence-electron chi connectivity index (χ4n) is 1.18. The van der Waals surface area contributed by atoms with Gasteiger partial charge in [0.25, 0.3) is 0 Å². The number of hydrogen-bond donors (Lipinski definition) is 3. The van der Waals surface area contributed by atoms with Crippen LogP contribution in [0.25, 0.3) is 0 Å². The van der Waals surface area contributed by atoms with Crippen molar-refractivity contribution in [3.63, 3.8) is 0 Å². The predicted octanol–water partition coefficient (Wildman–Crippen LogP) is -0.0362. The molecule has 0 aromatic carbocycles. The zero-order valence-electron chi connectivity index (χ0n) is 9.80. The molecule has 1 aromatic heterocycles. The summed E-state index contributed by atoms with van der Waals surface area (Å²) in [7, 11) is 0. The average Bonchev–Trinajstić information content (AvgIpc) is 2.64. The Kier molecular flexibility index (Phi) is 4.50. The molecule has 0 fully saturated rings. The summed E-state index contributed by atoms with van der Waals surface area (Å²) in [6.07, 6.45) is 3.59. The van der Waals surface area contributed by atoms with Crippen molar-refractivity contribution in [2.45, 2.75) is 26.4 Å². The van der Waals surface area contributed by atoms with Gasteiger partial charge < -0.3 is 15.7 Å². The number of nitrogens with zero attached hydrogens (tertiary/aromatic N) is 2. The molecule has 94 valence electrons. The summed E-state index contributed by atoms with van der Waals surface area (Å²) in [5, 5.41) is 17.5. The summed E-state index contributed by atoms with van der Waals surface area (Å²) >= 11 is 0. The van der Waals surface area contributed by atoms with Gasteiger partial charge in [0.05, 0.1) is 12.7 Å². The maximum absolute atomic E-state index is 11.2. The van der Waals surface area contributed by atoms with Crippen LogP contribution in [0.1, 0.15) is 12.5 Å². The highest BCUT2D eigenvalue weighted by Crippen LogP contribution is 1.92. The number of aryl methyl sites for hydroxylation is 1. The number of carbonyl (C=O) groups is 2. The Morgan fingerprint density at radius 3 is 2.82 bits per heavy atom. The van der Waals surface area contributed by atoms with Gasteiger partial charge in [-0.15, -0.1) is 0 Å². The number of hydrogen-bond acceptors (Lipinski definition) is 3. The molecule has 1 atom stereocenters. The average molecular weight is 240 g/mol. The molecule has 0 aliphatic carbocycles. The number of carboxylic acid groups (broad SMARTS) is 1. The van der Waals surface area contributed by atoms with Gasteiger partial charge in [0, 0.05) is 12.7 Å². The van der Waals surface area contributed by atoms with Crippen molar-refractivity contribution in [2.75, 3.05) is 6.54 Å². The van der Waals surface area contributed by atoms with Crippen molar-refractivity contribution in [2.24, 2.45) is 0 Å². The number of nitrogens with one attached hydrogen (secondary N) is 2. The third kappa shape index (κ3) is 4.54. The largest absolute Gasteiger partial charge is 0.480 e. The topological polar surface area (TPSA) is 96.3 Å². The number of aromatic nitrogens is 2. The van der Waals surface area contributed by atoms with Crippen LogP contribution in [0.2, 0.25) is 0 Å². The second-order valence-electron chi connectivity index (χ2n) is 3.74. The van der Waals surface area contributed by atoms with E-state index in [1.807, 2.05) is 13.1 Å². The van der Waals surface area contributed by atoms with E-state index in [4.69, 9.17) is 5.11 Å². The van der Waals surface area contributed by atoms with E-state index in [-0.39, 0.29) is 0 Å².